The van der Waals surface area contributed by atoms with E-state index < -0.39 is 35.7 Å². The van der Waals surface area contributed by atoms with E-state index in [1.807, 2.05) is 0 Å². The Morgan fingerprint density at radius 3 is 2.48 bits per heavy atom. The summed E-state index contributed by atoms with van der Waals surface area (Å²) in [4.78, 5) is 35.6. The highest BCUT2D eigenvalue weighted by molar-refractivity contribution is 8.00. The quantitative estimate of drug-likeness (QED) is 0.426. The molecule has 0 bridgehead atoms. The predicted molar refractivity (Wildman–Crippen MR) is 97.2 cm³/mol. The van der Waals surface area contributed by atoms with Crippen molar-refractivity contribution in [2.24, 2.45) is 22.8 Å². The molecule has 0 aromatic carbocycles. The molecular weight excluding hydrogens is 344 g/mol. The summed E-state index contributed by atoms with van der Waals surface area (Å²) < 4.78 is 4.71. The SMILES string of the molecule is COC(=O)[C@@](N)(CSC1C(C)CCCC1(C)C)C(=O)[C@@H](N)CC(=O)O. The first-order valence-electron chi connectivity index (χ1n) is 8.46. The van der Waals surface area contributed by atoms with Crippen LogP contribution < -0.4 is 11.5 Å². The summed E-state index contributed by atoms with van der Waals surface area (Å²) in [5, 5.41) is 9.07. The fourth-order valence-electron chi connectivity index (χ4n) is 3.58. The number of Topliss-reactive ketones (excluding diaryl/α,β-unsaturated/α-hetero) is 1. The summed E-state index contributed by atoms with van der Waals surface area (Å²) in [6.45, 7) is 6.51. The van der Waals surface area contributed by atoms with Gasteiger partial charge in [-0.25, -0.2) is 4.79 Å². The molecule has 0 amide bonds. The predicted octanol–water partition coefficient (Wildman–Crippen LogP) is 1.18. The largest absolute Gasteiger partial charge is 0.481 e. The van der Waals surface area contributed by atoms with Crippen molar-refractivity contribution in [3.05, 3.63) is 0 Å². The first-order valence-corrected chi connectivity index (χ1v) is 9.51. The molecule has 8 heteroatoms. The molecule has 0 radical (unpaired) electrons. The minimum Gasteiger partial charge on any atom is -0.481 e. The van der Waals surface area contributed by atoms with Crippen LogP contribution in [0.4, 0.5) is 0 Å². The summed E-state index contributed by atoms with van der Waals surface area (Å²) in [5.41, 5.74) is 9.88. The lowest BCUT2D eigenvalue weighted by atomic mass is 9.72. The monoisotopic (exact) mass is 374 g/mol. The number of esters is 1. The number of carboxylic acids is 1. The van der Waals surface area contributed by atoms with Crippen molar-refractivity contribution < 1.29 is 24.2 Å². The van der Waals surface area contributed by atoms with E-state index in [1.165, 1.54) is 11.8 Å². The first-order chi connectivity index (χ1) is 11.5. The summed E-state index contributed by atoms with van der Waals surface area (Å²) in [6.07, 6.45) is 2.73. The van der Waals surface area contributed by atoms with E-state index >= 15 is 0 Å². The Kier molecular flexibility index (Phi) is 7.46. The molecule has 5 N–H and O–H groups in total. The van der Waals surface area contributed by atoms with Gasteiger partial charge in [0.25, 0.3) is 0 Å². The maximum absolute atomic E-state index is 12.6. The van der Waals surface area contributed by atoms with Crippen LogP contribution in [0.2, 0.25) is 0 Å². The molecule has 25 heavy (non-hydrogen) atoms. The highest BCUT2D eigenvalue weighted by atomic mass is 32.2. The maximum atomic E-state index is 12.6. The Bertz CT molecular complexity index is 525. The van der Waals surface area contributed by atoms with Crippen LogP contribution in [-0.4, -0.2) is 52.5 Å². The normalized spacial score (nSPS) is 26.3. The average Bonchev–Trinajstić information content (AvgIpc) is 2.51. The molecule has 4 atom stereocenters. The van der Waals surface area contributed by atoms with E-state index in [0.29, 0.717) is 5.92 Å². The molecule has 1 rings (SSSR count). The van der Waals surface area contributed by atoms with Gasteiger partial charge in [0.15, 0.2) is 11.3 Å². The molecule has 1 saturated carbocycles. The van der Waals surface area contributed by atoms with Crippen molar-refractivity contribution >= 4 is 29.5 Å². The number of carbonyl (C=O) groups is 3. The number of nitrogens with two attached hydrogens (primary N) is 2. The van der Waals surface area contributed by atoms with Gasteiger partial charge in [-0.2, -0.15) is 11.8 Å². The van der Waals surface area contributed by atoms with E-state index in [2.05, 4.69) is 20.8 Å². The van der Waals surface area contributed by atoms with Gasteiger partial charge in [-0.05, 0) is 24.2 Å². The molecule has 0 saturated heterocycles. The van der Waals surface area contributed by atoms with E-state index in [-0.39, 0.29) is 16.4 Å². The van der Waals surface area contributed by atoms with E-state index in [1.54, 1.807) is 0 Å². The minimum atomic E-state index is -1.94. The van der Waals surface area contributed by atoms with E-state index in [4.69, 9.17) is 21.3 Å². The van der Waals surface area contributed by atoms with Gasteiger partial charge in [-0.3, -0.25) is 9.59 Å². The fraction of sp³-hybridized carbons (Fsp3) is 0.824. The fourth-order valence-corrected chi connectivity index (χ4v) is 5.32. The Hall–Kier alpha value is -1.12. The first kappa shape index (κ1) is 21.9. The highest BCUT2D eigenvalue weighted by Crippen LogP contribution is 2.46. The van der Waals surface area contributed by atoms with E-state index in [0.717, 1.165) is 26.4 Å². The van der Waals surface area contributed by atoms with Crippen LogP contribution in [-0.2, 0) is 19.1 Å². The zero-order valence-electron chi connectivity index (χ0n) is 15.4. The summed E-state index contributed by atoms with van der Waals surface area (Å²) in [7, 11) is 1.15. The second-order valence-electron chi connectivity index (χ2n) is 7.62. The van der Waals surface area contributed by atoms with Crippen LogP contribution in [0, 0.1) is 11.3 Å². The van der Waals surface area contributed by atoms with Gasteiger partial charge in [0.05, 0.1) is 19.6 Å². The molecule has 0 spiro atoms. The smallest absolute Gasteiger partial charge is 0.334 e. The van der Waals surface area contributed by atoms with Crippen molar-refractivity contribution in [2.45, 2.75) is 63.3 Å². The number of ether oxygens (including phenoxy) is 1. The number of hydrogen-bond donors (Lipinski definition) is 3. The number of thioether (sulfide) groups is 1. The van der Waals surface area contributed by atoms with Gasteiger partial charge in [0.1, 0.15) is 0 Å². The molecule has 0 aromatic rings. The number of carboxylic acid groups (broad SMARTS) is 1. The van der Waals surface area contributed by atoms with Gasteiger partial charge < -0.3 is 21.3 Å². The lowest BCUT2D eigenvalue weighted by molar-refractivity contribution is -0.151. The summed E-state index contributed by atoms with van der Waals surface area (Å²) in [5.74, 6) is -2.45. The molecule has 0 aliphatic heterocycles. The van der Waals surface area contributed by atoms with Gasteiger partial charge in [0, 0.05) is 11.0 Å². The van der Waals surface area contributed by atoms with Gasteiger partial charge >= 0.3 is 11.9 Å². The third-order valence-electron chi connectivity index (χ3n) is 4.98. The molecule has 1 aliphatic carbocycles. The number of ketones is 1. The van der Waals surface area contributed by atoms with Crippen LogP contribution in [0.15, 0.2) is 0 Å². The third kappa shape index (κ3) is 5.18. The zero-order chi connectivity index (χ0) is 19.4. The number of aliphatic carboxylic acids is 1. The minimum absolute atomic E-state index is 0.0181. The summed E-state index contributed by atoms with van der Waals surface area (Å²) >= 11 is 1.48. The Morgan fingerprint density at radius 2 is 2.00 bits per heavy atom. The molecule has 1 aliphatic rings. The molecule has 1 fully saturated rings. The van der Waals surface area contributed by atoms with Gasteiger partial charge in [-0.15, -0.1) is 0 Å². The lowest BCUT2D eigenvalue weighted by Crippen LogP contribution is -2.63. The second kappa shape index (κ2) is 8.51. The highest BCUT2D eigenvalue weighted by Gasteiger charge is 2.48. The number of methoxy groups -OCH3 is 1. The molecule has 2 unspecified atom stereocenters. The molecule has 7 nitrogen and oxygen atoms in total. The second-order valence-corrected chi connectivity index (χ2v) is 8.75. The number of rotatable bonds is 8. The van der Waals surface area contributed by atoms with Crippen molar-refractivity contribution in [1.29, 1.82) is 0 Å². The molecule has 0 aromatic heterocycles. The van der Waals surface area contributed by atoms with Crippen LogP contribution in [0.5, 0.6) is 0 Å². The van der Waals surface area contributed by atoms with Crippen molar-refractivity contribution in [3.8, 4) is 0 Å². The van der Waals surface area contributed by atoms with Crippen LogP contribution in [0.25, 0.3) is 0 Å². The molecule has 0 heterocycles. The van der Waals surface area contributed by atoms with E-state index in [9.17, 15) is 14.4 Å². The van der Waals surface area contributed by atoms with Gasteiger partial charge in [-0.1, -0.05) is 27.2 Å². The van der Waals surface area contributed by atoms with Crippen LogP contribution >= 0.6 is 11.8 Å². The van der Waals surface area contributed by atoms with Gasteiger partial charge in [0.2, 0.25) is 0 Å². The standard InChI is InChI=1S/C17H30N2O5S/c1-10-6-5-7-16(2,3)14(10)25-9-17(19,15(23)24-4)13(22)11(18)8-12(20)21/h10-11,14H,5-9,18-19H2,1-4H3,(H,20,21)/t10?,11-,14?,17+/m0/s1. The Balaban J connectivity index is 2.97. The molecule has 144 valence electrons. The lowest BCUT2D eigenvalue weighted by Gasteiger charge is -2.43. The third-order valence-corrected chi connectivity index (χ3v) is 7.06. The average molecular weight is 375 g/mol. The van der Waals surface area contributed by atoms with Crippen LogP contribution in [0.3, 0.4) is 0 Å². The number of hydrogen-bond acceptors (Lipinski definition) is 7. The van der Waals surface area contributed by atoms with Crippen molar-refractivity contribution in [2.75, 3.05) is 12.9 Å². The Labute approximate surface area is 153 Å². The summed E-state index contributed by atoms with van der Waals surface area (Å²) in [6, 6.07) is -1.35. The number of carbonyl (C=O) groups excluding carboxylic acids is 2. The zero-order valence-corrected chi connectivity index (χ0v) is 16.2. The topological polar surface area (TPSA) is 133 Å². The molecular formula is C17H30N2O5S. The Morgan fingerprint density at radius 1 is 1.40 bits per heavy atom. The maximum Gasteiger partial charge on any atom is 0.334 e. The van der Waals surface area contributed by atoms with Crippen molar-refractivity contribution in [3.63, 3.8) is 0 Å². The van der Waals surface area contributed by atoms with Crippen molar-refractivity contribution in [1.82, 2.24) is 0 Å². The van der Waals surface area contributed by atoms with Crippen LogP contribution in [0.1, 0.15) is 46.5 Å².